The highest BCUT2D eigenvalue weighted by atomic mass is 32.2. The van der Waals surface area contributed by atoms with Crippen LogP contribution < -0.4 is 5.32 Å². The van der Waals surface area contributed by atoms with Gasteiger partial charge in [0.2, 0.25) is 11.8 Å². The average molecular weight is 363 g/mol. The van der Waals surface area contributed by atoms with Crippen molar-refractivity contribution in [2.45, 2.75) is 63.5 Å². The fourth-order valence-corrected chi connectivity index (χ4v) is 4.06. The Balaban J connectivity index is 1.99. The second kappa shape index (κ2) is 9.27. The number of hydrogen-bond donors (Lipinski definition) is 1. The number of amides is 2. The molecule has 2 unspecified atom stereocenters. The molecule has 0 saturated carbocycles. The number of nitrogens with zero attached hydrogens (tertiary/aromatic N) is 1. The molecule has 1 aliphatic rings. The van der Waals surface area contributed by atoms with Crippen LogP contribution in [0.3, 0.4) is 0 Å². The lowest BCUT2D eigenvalue weighted by molar-refractivity contribution is -0.134. The van der Waals surface area contributed by atoms with Crippen LogP contribution in [0.2, 0.25) is 0 Å². The first-order valence-electron chi connectivity index (χ1n) is 9.30. The summed E-state index contributed by atoms with van der Waals surface area (Å²) in [7, 11) is 0. The topological polar surface area (TPSA) is 49.4 Å². The first-order chi connectivity index (χ1) is 11.9. The van der Waals surface area contributed by atoms with Crippen molar-refractivity contribution < 1.29 is 9.59 Å². The van der Waals surface area contributed by atoms with Crippen LogP contribution in [0.1, 0.15) is 52.0 Å². The first kappa shape index (κ1) is 19.8. The van der Waals surface area contributed by atoms with Gasteiger partial charge in [-0.3, -0.25) is 9.59 Å². The number of thioether (sulfide) groups is 1. The van der Waals surface area contributed by atoms with E-state index in [1.807, 2.05) is 36.6 Å². The molecule has 2 amide bonds. The van der Waals surface area contributed by atoms with E-state index in [-0.39, 0.29) is 17.7 Å². The number of hydrogen-bond acceptors (Lipinski definition) is 3. The maximum atomic E-state index is 12.6. The van der Waals surface area contributed by atoms with Gasteiger partial charge in [-0.1, -0.05) is 20.8 Å². The zero-order chi connectivity index (χ0) is 18.4. The van der Waals surface area contributed by atoms with Crippen LogP contribution in [0.15, 0.2) is 23.1 Å². The molecule has 1 heterocycles. The van der Waals surface area contributed by atoms with E-state index in [0.717, 1.165) is 37.1 Å². The molecule has 2 atom stereocenters. The summed E-state index contributed by atoms with van der Waals surface area (Å²) in [5, 5.41) is 3.65. The van der Waals surface area contributed by atoms with E-state index in [1.165, 1.54) is 4.90 Å². The summed E-state index contributed by atoms with van der Waals surface area (Å²) in [5.74, 6) is 0.0527. The van der Waals surface area contributed by atoms with E-state index in [1.54, 1.807) is 0 Å². The Bertz CT molecular complexity index is 618. The molecule has 25 heavy (non-hydrogen) atoms. The third-order valence-electron chi connectivity index (χ3n) is 4.82. The van der Waals surface area contributed by atoms with Crippen LogP contribution in [0.25, 0.3) is 0 Å². The van der Waals surface area contributed by atoms with E-state index in [0.29, 0.717) is 18.2 Å². The van der Waals surface area contributed by atoms with Gasteiger partial charge in [-0.2, -0.15) is 0 Å². The Kier molecular flexibility index (Phi) is 7.36. The van der Waals surface area contributed by atoms with E-state index < -0.39 is 0 Å². The molecule has 0 radical (unpaired) electrons. The Morgan fingerprint density at radius 1 is 1.36 bits per heavy atom. The summed E-state index contributed by atoms with van der Waals surface area (Å²) in [5.41, 5.74) is 1.95. The maximum absolute atomic E-state index is 12.6. The van der Waals surface area contributed by atoms with E-state index in [2.05, 4.69) is 31.3 Å². The lowest BCUT2D eigenvalue weighted by atomic mass is 9.96. The van der Waals surface area contributed by atoms with Crippen molar-refractivity contribution in [3.05, 3.63) is 23.8 Å². The highest BCUT2D eigenvalue weighted by Gasteiger charge is 2.28. The van der Waals surface area contributed by atoms with Crippen LogP contribution in [0, 0.1) is 12.8 Å². The third-order valence-corrected chi connectivity index (χ3v) is 6.08. The minimum absolute atomic E-state index is 0.0269. The van der Waals surface area contributed by atoms with Gasteiger partial charge in [0, 0.05) is 35.3 Å². The molecule has 0 bridgehead atoms. The predicted molar refractivity (Wildman–Crippen MR) is 105 cm³/mol. The molecule has 5 heteroatoms. The maximum Gasteiger partial charge on any atom is 0.229 e. The molecule has 138 valence electrons. The quantitative estimate of drug-likeness (QED) is 0.760. The van der Waals surface area contributed by atoms with Gasteiger partial charge in [0.15, 0.2) is 0 Å². The monoisotopic (exact) mass is 362 g/mol. The summed E-state index contributed by atoms with van der Waals surface area (Å²) in [6.07, 6.45) is 3.38. The summed E-state index contributed by atoms with van der Waals surface area (Å²) in [6.45, 7) is 9.63. The molecule has 1 N–H and O–H groups in total. The van der Waals surface area contributed by atoms with Gasteiger partial charge in [0.1, 0.15) is 0 Å². The molecular formula is C20H30N2O2S. The minimum atomic E-state index is -0.113. The number of likely N-dealkylation sites (tertiary alicyclic amines) is 1. The van der Waals surface area contributed by atoms with Crippen LogP contribution in [-0.4, -0.2) is 35.1 Å². The third kappa shape index (κ3) is 5.50. The first-order valence-corrected chi connectivity index (χ1v) is 10.2. The molecule has 0 aromatic heterocycles. The van der Waals surface area contributed by atoms with Crippen molar-refractivity contribution in [3.8, 4) is 0 Å². The number of rotatable bonds is 6. The molecule has 1 fully saturated rings. The zero-order valence-corrected chi connectivity index (χ0v) is 16.6. The van der Waals surface area contributed by atoms with Gasteiger partial charge < -0.3 is 10.2 Å². The summed E-state index contributed by atoms with van der Waals surface area (Å²) >= 11 is 1.86. The largest absolute Gasteiger partial charge is 0.342 e. The second-order valence-electron chi connectivity index (χ2n) is 6.84. The number of carbonyl (C=O) groups is 2. The lowest BCUT2D eigenvalue weighted by Gasteiger charge is -2.32. The number of benzene rings is 1. The van der Waals surface area contributed by atoms with Gasteiger partial charge in [0.05, 0.1) is 5.92 Å². The van der Waals surface area contributed by atoms with Gasteiger partial charge in [-0.25, -0.2) is 0 Å². The zero-order valence-electron chi connectivity index (χ0n) is 15.8. The van der Waals surface area contributed by atoms with Crippen LogP contribution >= 0.6 is 11.8 Å². The Hall–Kier alpha value is -1.49. The van der Waals surface area contributed by atoms with Crippen LogP contribution in [0.4, 0.5) is 5.69 Å². The summed E-state index contributed by atoms with van der Waals surface area (Å²) < 4.78 is 0. The molecule has 1 aromatic carbocycles. The van der Waals surface area contributed by atoms with Crippen molar-refractivity contribution in [2.75, 3.05) is 18.4 Å². The molecule has 1 saturated heterocycles. The standard InChI is InChI=1S/C20H30N2O2S/c1-5-15(4)25-17-9-10-18(14(3)12-17)21-20(24)16-8-7-11-22(13-16)19(23)6-2/h9-10,12,15-16H,5-8,11,13H2,1-4H3,(H,21,24). The number of nitrogens with one attached hydrogen (secondary N) is 1. The highest BCUT2D eigenvalue weighted by Crippen LogP contribution is 2.29. The fourth-order valence-electron chi connectivity index (χ4n) is 3.04. The Labute approximate surface area is 155 Å². The number of piperidine rings is 1. The number of aryl methyl sites for hydroxylation is 1. The van der Waals surface area contributed by atoms with E-state index >= 15 is 0 Å². The van der Waals surface area contributed by atoms with Gasteiger partial charge >= 0.3 is 0 Å². The van der Waals surface area contributed by atoms with Crippen molar-refractivity contribution >= 4 is 29.3 Å². The van der Waals surface area contributed by atoms with Crippen molar-refractivity contribution in [2.24, 2.45) is 5.92 Å². The van der Waals surface area contributed by atoms with Crippen molar-refractivity contribution in [3.63, 3.8) is 0 Å². The minimum Gasteiger partial charge on any atom is -0.342 e. The molecule has 1 aromatic rings. The van der Waals surface area contributed by atoms with E-state index in [9.17, 15) is 9.59 Å². The molecule has 2 rings (SSSR count). The van der Waals surface area contributed by atoms with Crippen LogP contribution in [-0.2, 0) is 9.59 Å². The summed E-state index contributed by atoms with van der Waals surface area (Å²) in [4.78, 5) is 27.6. The van der Waals surface area contributed by atoms with Gasteiger partial charge in [0.25, 0.3) is 0 Å². The highest BCUT2D eigenvalue weighted by molar-refractivity contribution is 7.99. The SMILES string of the molecule is CCC(=O)N1CCCC(C(=O)Nc2ccc(SC(C)CC)cc2C)C1. The van der Waals surface area contributed by atoms with Gasteiger partial charge in [-0.15, -0.1) is 11.8 Å². The Morgan fingerprint density at radius 3 is 2.76 bits per heavy atom. The molecule has 0 aliphatic carbocycles. The Morgan fingerprint density at radius 2 is 2.12 bits per heavy atom. The molecular weight excluding hydrogens is 332 g/mol. The normalized spacial score (nSPS) is 18.7. The molecule has 1 aliphatic heterocycles. The van der Waals surface area contributed by atoms with Crippen molar-refractivity contribution in [1.82, 2.24) is 4.90 Å². The number of carbonyl (C=O) groups excluding carboxylic acids is 2. The molecule has 0 spiro atoms. The van der Waals surface area contributed by atoms with Gasteiger partial charge in [-0.05, 0) is 49.9 Å². The lowest BCUT2D eigenvalue weighted by Crippen LogP contribution is -2.43. The van der Waals surface area contributed by atoms with Crippen LogP contribution in [0.5, 0.6) is 0 Å². The predicted octanol–water partition coefficient (Wildman–Crippen LogP) is 4.47. The van der Waals surface area contributed by atoms with Crippen molar-refractivity contribution in [1.29, 1.82) is 0 Å². The van der Waals surface area contributed by atoms with E-state index in [4.69, 9.17) is 0 Å². The average Bonchev–Trinajstić information content (AvgIpc) is 2.63. The fraction of sp³-hybridized carbons (Fsp3) is 0.600. The molecule has 4 nitrogen and oxygen atoms in total. The second-order valence-corrected chi connectivity index (χ2v) is 8.35. The smallest absolute Gasteiger partial charge is 0.229 e. The summed E-state index contributed by atoms with van der Waals surface area (Å²) in [6, 6.07) is 6.21. The number of anilines is 1.